The van der Waals surface area contributed by atoms with Gasteiger partial charge in [-0.05, 0) is 54.6 Å². The molecule has 0 radical (unpaired) electrons. The maximum Gasteiger partial charge on any atom is 0.336 e. The van der Waals surface area contributed by atoms with Crippen molar-refractivity contribution in [2.45, 2.75) is 4.90 Å². The van der Waals surface area contributed by atoms with Crippen molar-refractivity contribution in [3.8, 4) is 5.75 Å². The highest BCUT2D eigenvalue weighted by molar-refractivity contribution is 8.00. The maximum atomic E-state index is 12.7. The van der Waals surface area contributed by atoms with E-state index in [0.717, 1.165) is 28.4 Å². The number of aromatic nitrogens is 1. The van der Waals surface area contributed by atoms with Gasteiger partial charge in [0.25, 0.3) is 5.91 Å². The summed E-state index contributed by atoms with van der Waals surface area (Å²) < 4.78 is 6.09. The van der Waals surface area contributed by atoms with Crippen LogP contribution in [-0.2, 0) is 4.79 Å². The second-order valence-electron chi connectivity index (χ2n) is 7.54. The Bertz CT molecular complexity index is 1530. The summed E-state index contributed by atoms with van der Waals surface area (Å²) in [6, 6.07) is 15.4. The molecular formula is C25H19N3O7S2. The lowest BCUT2D eigenvalue weighted by Gasteiger charge is -2.10. The number of thiazole rings is 1. The third kappa shape index (κ3) is 6.23. The predicted molar refractivity (Wildman–Crippen MR) is 140 cm³/mol. The molecule has 4 rings (SSSR count). The Balaban J connectivity index is 1.39. The number of hydrogen-bond acceptors (Lipinski definition) is 8. The summed E-state index contributed by atoms with van der Waals surface area (Å²) in [4.78, 5) is 52.9. The van der Waals surface area contributed by atoms with E-state index in [-0.39, 0.29) is 22.8 Å². The topological polar surface area (TPSA) is 155 Å². The molecule has 0 fully saturated rings. The summed E-state index contributed by atoms with van der Waals surface area (Å²) in [6.07, 6.45) is 0. The van der Waals surface area contributed by atoms with Gasteiger partial charge in [-0.3, -0.25) is 9.59 Å². The van der Waals surface area contributed by atoms with Gasteiger partial charge in [0.1, 0.15) is 5.75 Å². The molecular weight excluding hydrogens is 518 g/mol. The van der Waals surface area contributed by atoms with Gasteiger partial charge in [0.05, 0.1) is 39.8 Å². The van der Waals surface area contributed by atoms with Gasteiger partial charge in [0.15, 0.2) is 5.13 Å². The number of amides is 2. The standard InChI is InChI=1S/C25H19N3O7S2/c1-35-15-6-8-19-20(11-15)37-25(27-19)28-21(29)12-36-16-4-2-3-14(10-16)26-22(30)17-7-5-13(23(31)32)9-18(17)24(33)34/h2-11H,12H2,1H3,(H,26,30)(H,31,32)(H,33,34)(H,27,28,29). The lowest BCUT2D eigenvalue weighted by atomic mass is 10.0. The van der Waals surface area contributed by atoms with Gasteiger partial charge in [-0.15, -0.1) is 11.8 Å². The second kappa shape index (κ2) is 11.1. The summed E-state index contributed by atoms with van der Waals surface area (Å²) in [6.45, 7) is 0. The number of carboxylic acids is 2. The van der Waals surface area contributed by atoms with E-state index in [1.54, 1.807) is 37.4 Å². The van der Waals surface area contributed by atoms with Gasteiger partial charge < -0.3 is 25.6 Å². The zero-order valence-corrected chi connectivity index (χ0v) is 20.8. The maximum absolute atomic E-state index is 12.7. The highest BCUT2D eigenvalue weighted by Crippen LogP contribution is 2.29. The van der Waals surface area contributed by atoms with Gasteiger partial charge >= 0.3 is 11.9 Å². The molecule has 0 spiro atoms. The number of nitrogens with one attached hydrogen (secondary N) is 2. The molecule has 37 heavy (non-hydrogen) atoms. The first kappa shape index (κ1) is 25.7. The van der Waals surface area contributed by atoms with Gasteiger partial charge in [-0.1, -0.05) is 17.4 Å². The quantitative estimate of drug-likeness (QED) is 0.223. The fourth-order valence-electron chi connectivity index (χ4n) is 3.30. The fourth-order valence-corrected chi connectivity index (χ4v) is 4.97. The molecule has 0 atom stereocenters. The Morgan fingerprint density at radius 3 is 2.49 bits per heavy atom. The third-order valence-electron chi connectivity index (χ3n) is 5.05. The lowest BCUT2D eigenvalue weighted by molar-refractivity contribution is -0.113. The Hall–Kier alpha value is -4.42. The minimum atomic E-state index is -1.42. The molecule has 1 heterocycles. The number of rotatable bonds is 9. The van der Waals surface area contributed by atoms with E-state index in [4.69, 9.17) is 9.84 Å². The number of anilines is 2. The number of aromatic carboxylic acids is 2. The van der Waals surface area contributed by atoms with E-state index < -0.39 is 23.4 Å². The fraction of sp³-hybridized carbons (Fsp3) is 0.0800. The summed E-state index contributed by atoms with van der Waals surface area (Å²) in [5, 5.41) is 24.3. The van der Waals surface area contributed by atoms with Gasteiger partial charge in [0, 0.05) is 10.6 Å². The van der Waals surface area contributed by atoms with Crippen LogP contribution in [-0.4, -0.2) is 51.8 Å². The molecule has 4 aromatic rings. The Labute approximate surface area is 218 Å². The zero-order valence-electron chi connectivity index (χ0n) is 19.2. The number of benzene rings is 3. The molecule has 12 heteroatoms. The number of carbonyl (C=O) groups excluding carboxylic acids is 2. The van der Waals surface area contributed by atoms with E-state index in [9.17, 15) is 24.3 Å². The Kier molecular flexibility index (Phi) is 7.70. The van der Waals surface area contributed by atoms with Crippen LogP contribution in [0.4, 0.5) is 10.8 Å². The van der Waals surface area contributed by atoms with Crippen molar-refractivity contribution in [2.24, 2.45) is 0 Å². The molecule has 0 saturated heterocycles. The number of fused-ring (bicyclic) bond motifs is 1. The van der Waals surface area contributed by atoms with Crippen LogP contribution in [0.1, 0.15) is 31.1 Å². The van der Waals surface area contributed by atoms with Crippen LogP contribution in [0.3, 0.4) is 0 Å². The zero-order chi connectivity index (χ0) is 26.5. The molecule has 0 bridgehead atoms. The van der Waals surface area contributed by atoms with E-state index in [2.05, 4.69) is 15.6 Å². The minimum absolute atomic E-state index is 0.0937. The number of nitrogens with zero attached hydrogens (tertiary/aromatic N) is 1. The van der Waals surface area contributed by atoms with Crippen molar-refractivity contribution in [1.29, 1.82) is 0 Å². The van der Waals surface area contributed by atoms with Crippen molar-refractivity contribution < 1.29 is 34.1 Å². The molecule has 0 unspecified atom stereocenters. The smallest absolute Gasteiger partial charge is 0.336 e. The molecule has 0 aliphatic heterocycles. The number of hydrogen-bond donors (Lipinski definition) is 4. The van der Waals surface area contributed by atoms with E-state index in [1.807, 2.05) is 12.1 Å². The summed E-state index contributed by atoms with van der Waals surface area (Å²) in [7, 11) is 1.58. The molecule has 10 nitrogen and oxygen atoms in total. The van der Waals surface area contributed by atoms with Crippen LogP contribution in [0, 0.1) is 0 Å². The first-order valence-electron chi connectivity index (χ1n) is 10.6. The van der Waals surface area contributed by atoms with E-state index >= 15 is 0 Å². The number of carboxylic acid groups (broad SMARTS) is 2. The molecule has 3 aromatic carbocycles. The second-order valence-corrected chi connectivity index (χ2v) is 9.62. The largest absolute Gasteiger partial charge is 0.497 e. The van der Waals surface area contributed by atoms with E-state index in [1.165, 1.54) is 23.1 Å². The highest BCUT2D eigenvalue weighted by Gasteiger charge is 2.19. The molecule has 1 aromatic heterocycles. The van der Waals surface area contributed by atoms with Crippen LogP contribution in [0.2, 0.25) is 0 Å². The predicted octanol–water partition coefficient (Wildman–Crippen LogP) is 4.68. The normalized spacial score (nSPS) is 10.6. The lowest BCUT2D eigenvalue weighted by Crippen LogP contribution is -2.17. The molecule has 0 aliphatic carbocycles. The van der Waals surface area contributed by atoms with Crippen LogP contribution in [0.25, 0.3) is 10.2 Å². The van der Waals surface area contributed by atoms with Gasteiger partial charge in [-0.25, -0.2) is 14.6 Å². The molecule has 4 N–H and O–H groups in total. The van der Waals surface area contributed by atoms with Crippen molar-refractivity contribution in [3.63, 3.8) is 0 Å². The van der Waals surface area contributed by atoms with Gasteiger partial charge in [-0.2, -0.15) is 0 Å². The number of methoxy groups -OCH3 is 1. The van der Waals surface area contributed by atoms with Crippen LogP contribution >= 0.6 is 23.1 Å². The van der Waals surface area contributed by atoms with Crippen molar-refractivity contribution in [2.75, 3.05) is 23.5 Å². The Morgan fingerprint density at radius 2 is 1.76 bits per heavy atom. The van der Waals surface area contributed by atoms with E-state index in [0.29, 0.717) is 21.5 Å². The molecule has 0 aliphatic rings. The van der Waals surface area contributed by atoms with Crippen LogP contribution in [0.15, 0.2) is 65.6 Å². The van der Waals surface area contributed by atoms with Crippen molar-refractivity contribution >= 4 is 67.9 Å². The SMILES string of the molecule is COc1ccc2nc(NC(=O)CSc3cccc(NC(=O)c4ccc(C(=O)O)cc4C(=O)O)c3)sc2c1. The van der Waals surface area contributed by atoms with Crippen molar-refractivity contribution in [3.05, 3.63) is 77.4 Å². The highest BCUT2D eigenvalue weighted by atomic mass is 32.2. The number of carbonyl (C=O) groups is 4. The number of ether oxygens (including phenoxy) is 1. The van der Waals surface area contributed by atoms with Crippen LogP contribution < -0.4 is 15.4 Å². The van der Waals surface area contributed by atoms with Crippen molar-refractivity contribution in [1.82, 2.24) is 4.98 Å². The minimum Gasteiger partial charge on any atom is -0.497 e. The summed E-state index contributed by atoms with van der Waals surface area (Å²) in [5.74, 6) is -2.89. The molecule has 2 amide bonds. The summed E-state index contributed by atoms with van der Waals surface area (Å²) in [5.41, 5.74) is 0.294. The monoisotopic (exact) mass is 537 g/mol. The molecule has 0 saturated carbocycles. The third-order valence-corrected chi connectivity index (χ3v) is 6.97. The average Bonchev–Trinajstić information content (AvgIpc) is 3.28. The number of thioether (sulfide) groups is 1. The summed E-state index contributed by atoms with van der Waals surface area (Å²) >= 11 is 2.58. The van der Waals surface area contributed by atoms with Gasteiger partial charge in [0.2, 0.25) is 5.91 Å². The average molecular weight is 538 g/mol. The van der Waals surface area contributed by atoms with Crippen LogP contribution in [0.5, 0.6) is 5.75 Å². The first-order chi connectivity index (χ1) is 17.7. The first-order valence-corrected chi connectivity index (χ1v) is 12.4. The Morgan fingerprint density at radius 1 is 0.946 bits per heavy atom. The molecule has 188 valence electrons.